The van der Waals surface area contributed by atoms with Gasteiger partial charge in [-0.25, -0.2) is 9.97 Å². The Hall–Kier alpha value is -2.44. The van der Waals surface area contributed by atoms with E-state index in [-0.39, 0.29) is 11.5 Å². The van der Waals surface area contributed by atoms with E-state index in [1.165, 1.54) is 12.1 Å². The molecule has 2 aromatic rings. The number of nitro groups is 1. The van der Waals surface area contributed by atoms with Crippen LogP contribution in [-0.4, -0.2) is 19.5 Å². The second kappa shape index (κ2) is 4.82. The molecule has 2 heterocycles. The van der Waals surface area contributed by atoms with Gasteiger partial charge in [0, 0.05) is 18.8 Å². The largest absolute Gasteiger partial charge is 0.383 e. The van der Waals surface area contributed by atoms with Crippen LogP contribution in [0.4, 0.5) is 11.5 Å². The number of aryl methyl sites for hydroxylation is 1. The molecule has 94 valence electrons. The number of aromatic nitrogens is 3. The van der Waals surface area contributed by atoms with Crippen LogP contribution in [-0.2, 0) is 6.42 Å². The summed E-state index contributed by atoms with van der Waals surface area (Å²) >= 11 is 0. The Balaban J connectivity index is 2.49. The summed E-state index contributed by atoms with van der Waals surface area (Å²) in [6.07, 6.45) is 5.07. The van der Waals surface area contributed by atoms with Crippen molar-refractivity contribution in [1.82, 2.24) is 14.5 Å². The topological polar surface area (TPSA) is 99.9 Å². The summed E-state index contributed by atoms with van der Waals surface area (Å²) in [5.41, 5.74) is 5.50. The first kappa shape index (κ1) is 12.0. The predicted molar refractivity (Wildman–Crippen MR) is 66.4 cm³/mol. The molecule has 0 aliphatic rings. The van der Waals surface area contributed by atoms with Crippen molar-refractivity contribution in [3.8, 4) is 5.82 Å². The molecule has 7 nitrogen and oxygen atoms in total. The molecule has 0 fully saturated rings. The van der Waals surface area contributed by atoms with E-state index in [0.717, 1.165) is 18.7 Å². The van der Waals surface area contributed by atoms with Gasteiger partial charge in [-0.2, -0.15) is 0 Å². The minimum Gasteiger partial charge on any atom is -0.383 e. The molecule has 2 rings (SSSR count). The Labute approximate surface area is 103 Å². The second-order valence-corrected chi connectivity index (χ2v) is 3.83. The Morgan fingerprint density at radius 3 is 2.94 bits per heavy atom. The lowest BCUT2D eigenvalue weighted by atomic mass is 10.3. The van der Waals surface area contributed by atoms with E-state index in [4.69, 9.17) is 5.73 Å². The van der Waals surface area contributed by atoms with E-state index < -0.39 is 4.92 Å². The fourth-order valence-electron chi connectivity index (χ4n) is 1.70. The van der Waals surface area contributed by atoms with Gasteiger partial charge in [-0.15, -0.1) is 0 Å². The van der Waals surface area contributed by atoms with Crippen LogP contribution in [0.15, 0.2) is 24.5 Å². The van der Waals surface area contributed by atoms with Crippen LogP contribution in [0.1, 0.15) is 19.2 Å². The standard InChI is InChI=1S/C11H13N5O2/c1-2-3-10-13-4-5-15(10)11-7-8(16(17)18)6-9(12)14-11/h4-7H,2-3H2,1H3,(H2,12,14). The Bertz CT molecular complexity index is 579. The van der Waals surface area contributed by atoms with Gasteiger partial charge in [0.05, 0.1) is 17.1 Å². The third kappa shape index (κ3) is 2.29. The van der Waals surface area contributed by atoms with E-state index in [1.54, 1.807) is 17.0 Å². The highest BCUT2D eigenvalue weighted by molar-refractivity contribution is 5.48. The second-order valence-electron chi connectivity index (χ2n) is 3.83. The molecule has 0 spiro atoms. The summed E-state index contributed by atoms with van der Waals surface area (Å²) in [5.74, 6) is 1.35. The highest BCUT2D eigenvalue weighted by atomic mass is 16.6. The normalized spacial score (nSPS) is 10.5. The minimum atomic E-state index is -0.488. The zero-order chi connectivity index (χ0) is 13.1. The number of hydrogen-bond donors (Lipinski definition) is 1. The molecule has 0 saturated carbocycles. The molecule has 2 aromatic heterocycles. The molecule has 0 radical (unpaired) electrons. The number of hydrogen-bond acceptors (Lipinski definition) is 5. The molecule has 0 bridgehead atoms. The third-order valence-electron chi connectivity index (χ3n) is 2.47. The van der Waals surface area contributed by atoms with Crippen LogP contribution >= 0.6 is 0 Å². The lowest BCUT2D eigenvalue weighted by Gasteiger charge is -2.06. The van der Waals surface area contributed by atoms with Crippen molar-refractivity contribution in [2.75, 3.05) is 5.73 Å². The quantitative estimate of drug-likeness (QED) is 0.654. The molecule has 2 N–H and O–H groups in total. The average molecular weight is 247 g/mol. The van der Waals surface area contributed by atoms with Crippen molar-refractivity contribution < 1.29 is 4.92 Å². The number of imidazole rings is 1. The van der Waals surface area contributed by atoms with E-state index in [2.05, 4.69) is 9.97 Å². The van der Waals surface area contributed by atoms with Gasteiger partial charge in [-0.3, -0.25) is 14.7 Å². The van der Waals surface area contributed by atoms with Crippen molar-refractivity contribution >= 4 is 11.5 Å². The fraction of sp³-hybridized carbons (Fsp3) is 0.273. The zero-order valence-electron chi connectivity index (χ0n) is 9.91. The summed E-state index contributed by atoms with van der Waals surface area (Å²) in [5, 5.41) is 10.8. The van der Waals surface area contributed by atoms with Gasteiger partial charge < -0.3 is 5.73 Å². The number of nitrogens with two attached hydrogens (primary N) is 1. The molecular formula is C11H13N5O2. The number of pyridine rings is 1. The highest BCUT2D eigenvalue weighted by Crippen LogP contribution is 2.19. The van der Waals surface area contributed by atoms with E-state index >= 15 is 0 Å². The van der Waals surface area contributed by atoms with Crippen LogP contribution < -0.4 is 5.73 Å². The van der Waals surface area contributed by atoms with Crippen molar-refractivity contribution in [2.24, 2.45) is 0 Å². The Morgan fingerprint density at radius 2 is 2.28 bits per heavy atom. The molecule has 0 aliphatic heterocycles. The summed E-state index contributed by atoms with van der Waals surface area (Å²) in [4.78, 5) is 18.6. The molecule has 0 amide bonds. The number of nitrogen functional groups attached to an aromatic ring is 1. The monoisotopic (exact) mass is 247 g/mol. The minimum absolute atomic E-state index is 0.0753. The van der Waals surface area contributed by atoms with Gasteiger partial charge in [0.1, 0.15) is 17.5 Å². The molecular weight excluding hydrogens is 234 g/mol. The summed E-state index contributed by atoms with van der Waals surface area (Å²) in [6.45, 7) is 2.04. The highest BCUT2D eigenvalue weighted by Gasteiger charge is 2.13. The Kier molecular flexibility index (Phi) is 3.22. The number of anilines is 1. The molecule has 7 heteroatoms. The molecule has 0 atom stereocenters. The SMILES string of the molecule is CCCc1nccn1-c1cc([N+](=O)[O-])cc(N)n1. The molecule has 0 unspecified atom stereocenters. The number of nitrogens with zero attached hydrogens (tertiary/aromatic N) is 4. The lowest BCUT2D eigenvalue weighted by Crippen LogP contribution is -2.05. The van der Waals surface area contributed by atoms with Gasteiger partial charge in [0.15, 0.2) is 0 Å². The summed E-state index contributed by atoms with van der Waals surface area (Å²) in [6, 6.07) is 2.62. The van der Waals surface area contributed by atoms with Crippen LogP contribution in [0.3, 0.4) is 0 Å². The van der Waals surface area contributed by atoms with E-state index in [9.17, 15) is 10.1 Å². The van der Waals surface area contributed by atoms with Crippen molar-refractivity contribution in [2.45, 2.75) is 19.8 Å². The third-order valence-corrected chi connectivity index (χ3v) is 2.47. The fourth-order valence-corrected chi connectivity index (χ4v) is 1.70. The van der Waals surface area contributed by atoms with Crippen LogP contribution in [0.5, 0.6) is 0 Å². The van der Waals surface area contributed by atoms with Crippen LogP contribution in [0, 0.1) is 10.1 Å². The van der Waals surface area contributed by atoms with Gasteiger partial charge in [0.25, 0.3) is 5.69 Å². The van der Waals surface area contributed by atoms with Gasteiger partial charge in [-0.1, -0.05) is 6.92 Å². The molecule has 0 aliphatic carbocycles. The first-order valence-electron chi connectivity index (χ1n) is 5.56. The first-order chi connectivity index (χ1) is 8.61. The van der Waals surface area contributed by atoms with Crippen molar-refractivity contribution in [3.05, 3.63) is 40.5 Å². The van der Waals surface area contributed by atoms with Crippen LogP contribution in [0.25, 0.3) is 5.82 Å². The summed E-state index contributed by atoms with van der Waals surface area (Å²) < 4.78 is 1.72. The van der Waals surface area contributed by atoms with Gasteiger partial charge in [-0.05, 0) is 6.42 Å². The lowest BCUT2D eigenvalue weighted by molar-refractivity contribution is -0.384. The number of rotatable bonds is 4. The molecule has 0 aromatic carbocycles. The van der Waals surface area contributed by atoms with Crippen molar-refractivity contribution in [1.29, 1.82) is 0 Å². The van der Waals surface area contributed by atoms with Gasteiger partial charge >= 0.3 is 0 Å². The maximum atomic E-state index is 10.8. The predicted octanol–water partition coefficient (Wildman–Crippen LogP) is 1.71. The zero-order valence-corrected chi connectivity index (χ0v) is 9.91. The van der Waals surface area contributed by atoms with E-state index in [0.29, 0.717) is 5.82 Å². The Morgan fingerprint density at radius 1 is 1.50 bits per heavy atom. The maximum absolute atomic E-state index is 10.8. The van der Waals surface area contributed by atoms with E-state index in [1.807, 2.05) is 6.92 Å². The van der Waals surface area contributed by atoms with Crippen LogP contribution in [0.2, 0.25) is 0 Å². The van der Waals surface area contributed by atoms with Gasteiger partial charge in [0.2, 0.25) is 0 Å². The smallest absolute Gasteiger partial charge is 0.276 e. The summed E-state index contributed by atoms with van der Waals surface area (Å²) in [7, 11) is 0. The molecule has 18 heavy (non-hydrogen) atoms. The maximum Gasteiger partial charge on any atom is 0.276 e. The molecule has 0 saturated heterocycles. The average Bonchev–Trinajstić information content (AvgIpc) is 2.77. The first-order valence-corrected chi connectivity index (χ1v) is 5.56. The van der Waals surface area contributed by atoms with Crippen molar-refractivity contribution in [3.63, 3.8) is 0 Å².